The van der Waals surface area contributed by atoms with Crippen LogP contribution in [0, 0.1) is 10.1 Å². The van der Waals surface area contributed by atoms with Crippen LogP contribution in [0.15, 0.2) is 36.4 Å². The van der Waals surface area contributed by atoms with Crippen molar-refractivity contribution in [2.45, 2.75) is 13.0 Å². The van der Waals surface area contributed by atoms with Crippen molar-refractivity contribution < 1.29 is 4.92 Å². The highest BCUT2D eigenvalue weighted by atomic mass is 35.5. The van der Waals surface area contributed by atoms with Crippen molar-refractivity contribution in [1.82, 2.24) is 0 Å². The van der Waals surface area contributed by atoms with Crippen LogP contribution in [0.4, 0.5) is 17.1 Å². The number of para-hydroxylation sites is 1. The minimum atomic E-state index is -0.427. The van der Waals surface area contributed by atoms with E-state index in [2.05, 4.69) is 16.7 Å². The number of benzene rings is 2. The van der Waals surface area contributed by atoms with Gasteiger partial charge in [-0.25, -0.2) is 0 Å². The predicted octanol–water partition coefficient (Wildman–Crippen LogP) is 3.83. The maximum Gasteiger partial charge on any atom is 0.271 e. The number of hydrogen-bond donors (Lipinski definition) is 2. The lowest BCUT2D eigenvalue weighted by atomic mass is 10.1. The molecule has 1 heterocycles. The van der Waals surface area contributed by atoms with Crippen LogP contribution in [0.1, 0.15) is 11.1 Å². The second kappa shape index (κ2) is 5.61. The van der Waals surface area contributed by atoms with E-state index in [1.807, 2.05) is 12.1 Å². The molecule has 2 aromatic rings. The average Bonchev–Trinajstić information content (AvgIpc) is 2.95. The Hall–Kier alpha value is -2.27. The van der Waals surface area contributed by atoms with Gasteiger partial charge in [0.1, 0.15) is 0 Å². The zero-order valence-electron chi connectivity index (χ0n) is 11.2. The van der Waals surface area contributed by atoms with Crippen molar-refractivity contribution in [1.29, 1.82) is 0 Å². The van der Waals surface area contributed by atoms with Crippen LogP contribution in [-0.2, 0) is 13.0 Å². The number of nitrogens with zero attached hydrogens (tertiary/aromatic N) is 1. The highest BCUT2D eigenvalue weighted by molar-refractivity contribution is 6.33. The first-order valence-electron chi connectivity index (χ1n) is 6.67. The van der Waals surface area contributed by atoms with E-state index in [0.29, 0.717) is 17.3 Å². The minimum Gasteiger partial charge on any atom is -0.384 e. The number of nitro groups is 1. The second-order valence-electron chi connectivity index (χ2n) is 4.90. The second-order valence-corrected chi connectivity index (χ2v) is 5.31. The third kappa shape index (κ3) is 2.78. The van der Waals surface area contributed by atoms with Crippen molar-refractivity contribution in [3.8, 4) is 0 Å². The van der Waals surface area contributed by atoms with Crippen molar-refractivity contribution in [3.05, 3.63) is 62.7 Å². The third-order valence-electron chi connectivity index (χ3n) is 3.56. The Labute approximate surface area is 127 Å². The SMILES string of the molecule is O=[N+]([O-])c1ccc(Cl)c(NCc2cccc3c2NCC3)c1. The normalized spacial score (nSPS) is 12.6. The van der Waals surface area contributed by atoms with Crippen molar-refractivity contribution >= 4 is 28.7 Å². The summed E-state index contributed by atoms with van der Waals surface area (Å²) in [4.78, 5) is 10.4. The lowest BCUT2D eigenvalue weighted by Crippen LogP contribution is -2.04. The predicted molar refractivity (Wildman–Crippen MR) is 84.1 cm³/mol. The molecule has 3 rings (SSSR count). The molecule has 0 atom stereocenters. The molecule has 5 nitrogen and oxygen atoms in total. The highest BCUT2D eigenvalue weighted by Crippen LogP contribution is 2.30. The molecule has 0 spiro atoms. The molecule has 0 unspecified atom stereocenters. The monoisotopic (exact) mass is 303 g/mol. The number of nitrogens with one attached hydrogen (secondary N) is 2. The van der Waals surface area contributed by atoms with Gasteiger partial charge in [-0.15, -0.1) is 0 Å². The Morgan fingerprint density at radius 3 is 3.00 bits per heavy atom. The van der Waals surface area contributed by atoms with Crippen LogP contribution < -0.4 is 10.6 Å². The number of hydrogen-bond acceptors (Lipinski definition) is 4. The van der Waals surface area contributed by atoms with Crippen molar-refractivity contribution in [2.75, 3.05) is 17.2 Å². The zero-order valence-corrected chi connectivity index (χ0v) is 12.0. The molecule has 0 aliphatic carbocycles. The van der Waals surface area contributed by atoms with Crippen LogP contribution in [-0.4, -0.2) is 11.5 Å². The summed E-state index contributed by atoms with van der Waals surface area (Å²) in [6, 6.07) is 10.6. The summed E-state index contributed by atoms with van der Waals surface area (Å²) in [6.07, 6.45) is 1.03. The molecular weight excluding hydrogens is 290 g/mol. The number of fused-ring (bicyclic) bond motifs is 1. The van der Waals surface area contributed by atoms with Gasteiger partial charge >= 0.3 is 0 Å². The van der Waals surface area contributed by atoms with Crippen molar-refractivity contribution in [3.63, 3.8) is 0 Å². The Balaban J connectivity index is 1.81. The number of nitro benzene ring substituents is 1. The van der Waals surface area contributed by atoms with E-state index in [1.165, 1.54) is 23.8 Å². The molecule has 0 fully saturated rings. The summed E-state index contributed by atoms with van der Waals surface area (Å²) in [7, 11) is 0. The first kappa shape index (κ1) is 13.7. The van der Waals surface area contributed by atoms with E-state index >= 15 is 0 Å². The molecule has 2 N–H and O–H groups in total. The number of rotatable bonds is 4. The number of non-ortho nitro benzene ring substituents is 1. The van der Waals surface area contributed by atoms with Gasteiger partial charge in [-0.3, -0.25) is 10.1 Å². The Morgan fingerprint density at radius 2 is 2.19 bits per heavy atom. The Kier molecular flexibility index (Phi) is 3.66. The van der Waals surface area contributed by atoms with E-state index in [4.69, 9.17) is 11.6 Å². The lowest BCUT2D eigenvalue weighted by Gasteiger charge is -2.12. The van der Waals surface area contributed by atoms with Gasteiger partial charge in [0.25, 0.3) is 5.69 Å². The fourth-order valence-corrected chi connectivity index (χ4v) is 2.70. The zero-order chi connectivity index (χ0) is 14.8. The molecule has 0 radical (unpaired) electrons. The Bertz CT molecular complexity index is 703. The fourth-order valence-electron chi connectivity index (χ4n) is 2.51. The molecule has 1 aliphatic heterocycles. The molecule has 21 heavy (non-hydrogen) atoms. The topological polar surface area (TPSA) is 67.2 Å². The van der Waals surface area contributed by atoms with Gasteiger partial charge in [0.2, 0.25) is 0 Å². The third-order valence-corrected chi connectivity index (χ3v) is 3.89. The maximum absolute atomic E-state index is 10.8. The molecule has 0 saturated heterocycles. The van der Waals surface area contributed by atoms with Crippen molar-refractivity contribution in [2.24, 2.45) is 0 Å². The minimum absolute atomic E-state index is 0.0262. The number of halogens is 1. The first-order chi connectivity index (χ1) is 10.1. The van der Waals surface area contributed by atoms with Gasteiger partial charge in [0, 0.05) is 30.9 Å². The highest BCUT2D eigenvalue weighted by Gasteiger charge is 2.14. The van der Waals surface area contributed by atoms with Crippen LogP contribution in [0.5, 0.6) is 0 Å². The molecule has 0 amide bonds. The van der Waals surface area contributed by atoms with Gasteiger partial charge in [0.05, 0.1) is 15.6 Å². The van der Waals surface area contributed by atoms with Crippen LogP contribution >= 0.6 is 11.6 Å². The molecule has 0 aromatic heterocycles. The first-order valence-corrected chi connectivity index (χ1v) is 7.05. The van der Waals surface area contributed by atoms with Gasteiger partial charge in [-0.2, -0.15) is 0 Å². The molecule has 2 aromatic carbocycles. The summed E-state index contributed by atoms with van der Waals surface area (Å²) in [5.41, 5.74) is 4.19. The van der Waals surface area contributed by atoms with Crippen LogP contribution in [0.25, 0.3) is 0 Å². The van der Waals surface area contributed by atoms with E-state index < -0.39 is 4.92 Å². The summed E-state index contributed by atoms with van der Waals surface area (Å²) in [6.45, 7) is 1.51. The fraction of sp³-hybridized carbons (Fsp3) is 0.200. The molecule has 1 aliphatic rings. The molecule has 0 bridgehead atoms. The standard InChI is InChI=1S/C15H14ClN3O2/c16-13-5-4-12(19(20)21)8-14(13)18-9-11-3-1-2-10-6-7-17-15(10)11/h1-5,8,17-18H,6-7,9H2. The molecular formula is C15H14ClN3O2. The van der Waals surface area contributed by atoms with E-state index in [-0.39, 0.29) is 5.69 Å². The maximum atomic E-state index is 10.8. The molecule has 6 heteroatoms. The van der Waals surface area contributed by atoms with Gasteiger partial charge in [0.15, 0.2) is 0 Å². The number of anilines is 2. The van der Waals surface area contributed by atoms with Crippen LogP contribution in [0.2, 0.25) is 5.02 Å². The smallest absolute Gasteiger partial charge is 0.271 e. The average molecular weight is 304 g/mol. The van der Waals surface area contributed by atoms with E-state index in [9.17, 15) is 10.1 Å². The summed E-state index contributed by atoms with van der Waals surface area (Å²) < 4.78 is 0. The largest absolute Gasteiger partial charge is 0.384 e. The quantitative estimate of drug-likeness (QED) is 0.665. The van der Waals surface area contributed by atoms with Gasteiger partial charge in [-0.1, -0.05) is 29.8 Å². The Morgan fingerprint density at radius 1 is 1.33 bits per heavy atom. The summed E-state index contributed by atoms with van der Waals surface area (Å²) in [5.74, 6) is 0. The summed E-state index contributed by atoms with van der Waals surface area (Å²) >= 11 is 6.08. The van der Waals surface area contributed by atoms with E-state index in [0.717, 1.165) is 24.2 Å². The molecule has 108 valence electrons. The van der Waals surface area contributed by atoms with E-state index in [1.54, 1.807) is 0 Å². The summed E-state index contributed by atoms with van der Waals surface area (Å²) in [5, 5.41) is 17.8. The van der Waals surface area contributed by atoms with Gasteiger partial charge in [-0.05, 0) is 23.6 Å². The van der Waals surface area contributed by atoms with Gasteiger partial charge < -0.3 is 10.6 Å². The van der Waals surface area contributed by atoms with Crippen LogP contribution in [0.3, 0.4) is 0 Å². The molecule has 0 saturated carbocycles. The lowest BCUT2D eigenvalue weighted by molar-refractivity contribution is -0.384.